The van der Waals surface area contributed by atoms with E-state index in [0.717, 1.165) is 22.6 Å². The van der Waals surface area contributed by atoms with E-state index in [1.54, 1.807) is 14.2 Å². The van der Waals surface area contributed by atoms with Crippen LogP contribution in [0, 0.1) is 0 Å². The van der Waals surface area contributed by atoms with Crippen LogP contribution in [0.25, 0.3) is 0 Å². The Morgan fingerprint density at radius 3 is 1.43 bits per heavy atom. The van der Waals surface area contributed by atoms with Crippen molar-refractivity contribution in [3.63, 3.8) is 0 Å². The minimum atomic E-state index is -0.511. The molecule has 0 aromatic heterocycles. The normalized spacial score (nSPS) is 12.7. The molecule has 0 radical (unpaired) electrons. The molecule has 1 atom stereocenters. The maximum atomic E-state index is 6.66. The van der Waals surface area contributed by atoms with E-state index in [9.17, 15) is 0 Å². The minimum absolute atomic E-state index is 0.133. The van der Waals surface area contributed by atoms with Crippen molar-refractivity contribution in [2.45, 2.75) is 31.3 Å². The number of rotatable bonds is 7. The highest BCUT2D eigenvalue weighted by atomic mass is 16.5. The van der Waals surface area contributed by atoms with Gasteiger partial charge in [-0.05, 0) is 55.2 Å². The summed E-state index contributed by atoms with van der Waals surface area (Å²) in [5, 5.41) is 0. The molecular formula is C19H26N2O2. The predicted molar refractivity (Wildman–Crippen MR) is 94.0 cm³/mol. The first kappa shape index (κ1) is 17.3. The van der Waals surface area contributed by atoms with E-state index >= 15 is 0 Å². The number of benzene rings is 2. The van der Waals surface area contributed by atoms with E-state index in [2.05, 4.69) is 0 Å². The maximum Gasteiger partial charge on any atom is 0.118 e. The fourth-order valence-corrected chi connectivity index (χ4v) is 2.63. The van der Waals surface area contributed by atoms with Gasteiger partial charge in [-0.1, -0.05) is 24.3 Å². The molecule has 23 heavy (non-hydrogen) atoms. The van der Waals surface area contributed by atoms with Crippen LogP contribution < -0.4 is 20.9 Å². The smallest absolute Gasteiger partial charge is 0.118 e. The average Bonchev–Trinajstić information content (AvgIpc) is 2.56. The van der Waals surface area contributed by atoms with Gasteiger partial charge in [-0.25, -0.2) is 0 Å². The van der Waals surface area contributed by atoms with E-state index in [0.29, 0.717) is 12.8 Å². The van der Waals surface area contributed by atoms with E-state index in [1.165, 1.54) is 0 Å². The molecule has 0 spiro atoms. The molecule has 0 aliphatic heterocycles. The number of nitrogens with two attached hydrogens (primary N) is 2. The van der Waals surface area contributed by atoms with Gasteiger partial charge in [-0.2, -0.15) is 0 Å². The van der Waals surface area contributed by atoms with Gasteiger partial charge in [0.25, 0.3) is 0 Å². The van der Waals surface area contributed by atoms with Crippen LogP contribution >= 0.6 is 0 Å². The summed E-state index contributed by atoms with van der Waals surface area (Å²) in [6.07, 6.45) is 1.42. The molecule has 0 amide bonds. The lowest BCUT2D eigenvalue weighted by Crippen LogP contribution is -2.57. The van der Waals surface area contributed by atoms with Gasteiger partial charge in [0.05, 0.1) is 14.2 Å². The molecule has 0 fully saturated rings. The third-order valence-corrected chi connectivity index (χ3v) is 4.29. The summed E-state index contributed by atoms with van der Waals surface area (Å²) in [7, 11) is 3.32. The number of ether oxygens (including phenoxy) is 2. The Labute approximate surface area is 138 Å². The highest BCUT2D eigenvalue weighted by Crippen LogP contribution is 2.23. The lowest BCUT2D eigenvalue weighted by molar-refractivity contribution is 0.353. The fraction of sp³-hybridized carbons (Fsp3) is 0.368. The van der Waals surface area contributed by atoms with Crippen LogP contribution in [0.5, 0.6) is 11.5 Å². The summed E-state index contributed by atoms with van der Waals surface area (Å²) in [4.78, 5) is 0. The van der Waals surface area contributed by atoms with E-state index < -0.39 is 5.54 Å². The first-order valence-corrected chi connectivity index (χ1v) is 7.77. The maximum absolute atomic E-state index is 6.66. The topological polar surface area (TPSA) is 70.5 Å². The van der Waals surface area contributed by atoms with Gasteiger partial charge in [0, 0.05) is 11.6 Å². The van der Waals surface area contributed by atoms with Gasteiger partial charge in [0.1, 0.15) is 11.5 Å². The van der Waals surface area contributed by atoms with Crippen LogP contribution in [0.1, 0.15) is 18.1 Å². The van der Waals surface area contributed by atoms with Gasteiger partial charge >= 0.3 is 0 Å². The van der Waals surface area contributed by atoms with Crippen LogP contribution in [0.3, 0.4) is 0 Å². The van der Waals surface area contributed by atoms with Crippen LogP contribution in [-0.4, -0.2) is 25.8 Å². The van der Waals surface area contributed by atoms with Gasteiger partial charge in [0.2, 0.25) is 0 Å². The lowest BCUT2D eigenvalue weighted by atomic mass is 9.80. The Kier molecular flexibility index (Phi) is 5.64. The second-order valence-corrected chi connectivity index (χ2v) is 6.07. The molecular weight excluding hydrogens is 288 g/mol. The molecule has 2 aromatic rings. The Bertz CT molecular complexity index is 557. The summed E-state index contributed by atoms with van der Waals surface area (Å²) < 4.78 is 10.4. The van der Waals surface area contributed by atoms with E-state index in [-0.39, 0.29) is 6.04 Å². The zero-order valence-electron chi connectivity index (χ0n) is 14.1. The number of methoxy groups -OCH3 is 2. The summed E-state index contributed by atoms with van der Waals surface area (Å²) in [6, 6.07) is 15.8. The Balaban J connectivity index is 2.16. The van der Waals surface area contributed by atoms with Crippen molar-refractivity contribution in [1.29, 1.82) is 0 Å². The van der Waals surface area contributed by atoms with E-state index in [1.807, 2.05) is 55.5 Å². The molecule has 0 heterocycles. The van der Waals surface area contributed by atoms with Crippen molar-refractivity contribution in [3.8, 4) is 11.5 Å². The predicted octanol–water partition coefficient (Wildman–Crippen LogP) is 2.53. The molecule has 0 aliphatic rings. The van der Waals surface area contributed by atoms with Gasteiger partial charge < -0.3 is 20.9 Å². The van der Waals surface area contributed by atoms with Crippen molar-refractivity contribution in [2.24, 2.45) is 11.5 Å². The van der Waals surface area contributed by atoms with Crippen LogP contribution in [0.2, 0.25) is 0 Å². The highest BCUT2D eigenvalue weighted by Gasteiger charge is 2.30. The molecule has 2 rings (SSSR count). The molecule has 2 aromatic carbocycles. The van der Waals surface area contributed by atoms with Crippen molar-refractivity contribution in [3.05, 3.63) is 59.7 Å². The van der Waals surface area contributed by atoms with Crippen molar-refractivity contribution in [2.75, 3.05) is 14.2 Å². The molecule has 4 N–H and O–H groups in total. The summed E-state index contributed by atoms with van der Waals surface area (Å²) >= 11 is 0. The van der Waals surface area contributed by atoms with Gasteiger partial charge in [0.15, 0.2) is 0 Å². The zero-order chi connectivity index (χ0) is 16.9. The Morgan fingerprint density at radius 2 is 1.17 bits per heavy atom. The van der Waals surface area contributed by atoms with Crippen LogP contribution in [0.15, 0.2) is 48.5 Å². The van der Waals surface area contributed by atoms with Crippen molar-refractivity contribution >= 4 is 0 Å². The molecule has 4 nitrogen and oxygen atoms in total. The van der Waals surface area contributed by atoms with Crippen molar-refractivity contribution < 1.29 is 9.47 Å². The third kappa shape index (κ3) is 4.47. The quantitative estimate of drug-likeness (QED) is 0.824. The zero-order valence-corrected chi connectivity index (χ0v) is 14.1. The molecule has 1 unspecified atom stereocenters. The largest absolute Gasteiger partial charge is 0.497 e. The highest BCUT2D eigenvalue weighted by molar-refractivity contribution is 5.31. The summed E-state index contributed by atoms with van der Waals surface area (Å²) in [5.41, 5.74) is 14.7. The van der Waals surface area contributed by atoms with Crippen molar-refractivity contribution in [1.82, 2.24) is 0 Å². The van der Waals surface area contributed by atoms with Gasteiger partial charge in [-0.15, -0.1) is 0 Å². The molecule has 0 bridgehead atoms. The molecule has 0 saturated heterocycles. The second kappa shape index (κ2) is 7.49. The van der Waals surface area contributed by atoms with Gasteiger partial charge in [-0.3, -0.25) is 0 Å². The second-order valence-electron chi connectivity index (χ2n) is 6.07. The Morgan fingerprint density at radius 1 is 0.826 bits per heavy atom. The van der Waals surface area contributed by atoms with Crippen LogP contribution in [0.4, 0.5) is 0 Å². The standard InChI is InChI=1S/C19H26N2O2/c1-14(20)19(21,12-15-4-8-17(22-2)9-5-15)13-16-6-10-18(23-3)11-7-16/h4-11,14H,12-13,20-21H2,1-3H3. The molecule has 4 heteroatoms. The molecule has 124 valence electrons. The number of hydrogen-bond acceptors (Lipinski definition) is 4. The molecule has 0 aliphatic carbocycles. The summed E-state index contributed by atoms with van der Waals surface area (Å²) in [6.45, 7) is 1.97. The molecule has 0 saturated carbocycles. The minimum Gasteiger partial charge on any atom is -0.497 e. The number of hydrogen-bond donors (Lipinski definition) is 2. The summed E-state index contributed by atoms with van der Waals surface area (Å²) in [5.74, 6) is 1.68. The third-order valence-electron chi connectivity index (χ3n) is 4.29. The van der Waals surface area contributed by atoms with Crippen LogP contribution in [-0.2, 0) is 12.8 Å². The average molecular weight is 314 g/mol. The first-order valence-electron chi connectivity index (χ1n) is 7.77. The Hall–Kier alpha value is -2.04. The SMILES string of the molecule is COc1ccc(CC(N)(Cc2ccc(OC)cc2)C(C)N)cc1. The lowest BCUT2D eigenvalue weighted by Gasteiger charge is -2.34. The fourth-order valence-electron chi connectivity index (χ4n) is 2.63. The monoisotopic (exact) mass is 314 g/mol. The first-order chi connectivity index (χ1) is 11.0. The van der Waals surface area contributed by atoms with E-state index in [4.69, 9.17) is 20.9 Å².